The fraction of sp³-hybridized carbons (Fsp3) is 1.00. The van der Waals surface area contributed by atoms with Crippen molar-refractivity contribution in [2.75, 3.05) is 13.6 Å². The van der Waals surface area contributed by atoms with E-state index >= 15 is 0 Å². The van der Waals surface area contributed by atoms with Gasteiger partial charge in [-0.05, 0) is 0 Å². The van der Waals surface area contributed by atoms with E-state index in [-0.39, 0.29) is 0 Å². The van der Waals surface area contributed by atoms with Crippen molar-refractivity contribution in [1.82, 2.24) is 0 Å². The van der Waals surface area contributed by atoms with Crippen LogP contribution < -0.4 is 5.32 Å². The Bertz CT molecular complexity index is 48.6. The normalized spacial score (nSPS) is 12.0. The Hall–Kier alpha value is -0.250. The van der Waals surface area contributed by atoms with E-state index in [9.17, 15) is 13.2 Å². The van der Waals surface area contributed by atoms with Gasteiger partial charge in [-0.3, -0.25) is 0 Å². The van der Waals surface area contributed by atoms with Crippen LogP contribution in [0.5, 0.6) is 0 Å². The highest BCUT2D eigenvalue weighted by atomic mass is 19.4. The molecule has 0 aliphatic rings. The van der Waals surface area contributed by atoms with Crippen LogP contribution in [-0.4, -0.2) is 19.8 Å². The van der Waals surface area contributed by atoms with Gasteiger partial charge in [0.1, 0.15) is 0 Å². The van der Waals surface area contributed by atoms with Gasteiger partial charge in [-0.25, -0.2) is 0 Å². The lowest BCUT2D eigenvalue weighted by Crippen LogP contribution is -2.82. The Morgan fingerprint density at radius 3 is 1.86 bits per heavy atom. The second-order valence-electron chi connectivity index (χ2n) is 1.23. The summed E-state index contributed by atoms with van der Waals surface area (Å²) < 4.78 is 33.1. The van der Waals surface area contributed by atoms with Crippen molar-refractivity contribution in [2.45, 2.75) is 6.18 Å². The molecule has 0 aliphatic carbocycles. The summed E-state index contributed by atoms with van der Waals surface area (Å²) >= 11 is 0. The lowest BCUT2D eigenvalue weighted by molar-refractivity contribution is -0.650. The van der Waals surface area contributed by atoms with Crippen molar-refractivity contribution < 1.29 is 18.5 Å². The maximum Gasteiger partial charge on any atom is 0.438 e. The van der Waals surface area contributed by atoms with Crippen LogP contribution in [0.15, 0.2) is 0 Å². The second-order valence-corrected chi connectivity index (χ2v) is 1.23. The zero-order valence-corrected chi connectivity index (χ0v) is 3.92. The van der Waals surface area contributed by atoms with E-state index in [4.69, 9.17) is 0 Å². The van der Waals surface area contributed by atoms with E-state index in [2.05, 4.69) is 0 Å². The van der Waals surface area contributed by atoms with Crippen molar-refractivity contribution >= 4 is 0 Å². The van der Waals surface area contributed by atoms with E-state index in [0.29, 0.717) is 0 Å². The second kappa shape index (κ2) is 2.16. The largest absolute Gasteiger partial charge is 0.438 e. The lowest BCUT2D eigenvalue weighted by atomic mass is 10.6. The molecule has 0 amide bonds. The van der Waals surface area contributed by atoms with E-state index < -0.39 is 12.7 Å². The first kappa shape index (κ1) is 6.75. The smallest absolute Gasteiger partial charge is 0.341 e. The summed E-state index contributed by atoms with van der Waals surface area (Å²) in [5.74, 6) is 0. The topological polar surface area (TPSA) is 16.6 Å². The number of halogens is 3. The maximum absolute atomic E-state index is 11.0. The highest BCUT2D eigenvalue weighted by Gasteiger charge is 2.28. The molecule has 4 heteroatoms. The van der Waals surface area contributed by atoms with Gasteiger partial charge in [0.05, 0.1) is 7.05 Å². The Kier molecular flexibility index (Phi) is 2.08. The summed E-state index contributed by atoms with van der Waals surface area (Å²) in [6.07, 6.45) is -4.01. The predicted octanol–water partition coefficient (Wildman–Crippen LogP) is -0.258. The minimum atomic E-state index is -4.01. The van der Waals surface area contributed by atoms with Crippen molar-refractivity contribution in [1.29, 1.82) is 0 Å². The van der Waals surface area contributed by atoms with Crippen molar-refractivity contribution in [2.24, 2.45) is 0 Å². The fourth-order valence-corrected chi connectivity index (χ4v) is 0.231. The van der Waals surface area contributed by atoms with E-state index in [1.54, 1.807) is 0 Å². The zero-order valence-electron chi connectivity index (χ0n) is 3.92. The first-order valence-corrected chi connectivity index (χ1v) is 1.91. The molecule has 0 heterocycles. The van der Waals surface area contributed by atoms with Gasteiger partial charge in [0.2, 0.25) is 0 Å². The van der Waals surface area contributed by atoms with Gasteiger partial charge < -0.3 is 5.32 Å². The molecule has 1 nitrogen and oxygen atoms in total. The van der Waals surface area contributed by atoms with Crippen LogP contribution in [0.4, 0.5) is 13.2 Å². The molecule has 44 valence electrons. The molecule has 0 atom stereocenters. The fourth-order valence-electron chi connectivity index (χ4n) is 0.231. The van der Waals surface area contributed by atoms with Crippen molar-refractivity contribution in [3.8, 4) is 0 Å². The molecule has 0 saturated carbocycles. The molecule has 0 unspecified atom stereocenters. The molecule has 0 rings (SSSR count). The lowest BCUT2D eigenvalue weighted by Gasteiger charge is -1.98. The van der Waals surface area contributed by atoms with Crippen molar-refractivity contribution in [3.05, 3.63) is 0 Å². The molecule has 0 aromatic heterocycles. The number of alkyl halides is 3. The molecule has 0 fully saturated rings. The van der Waals surface area contributed by atoms with Crippen LogP contribution in [0.2, 0.25) is 0 Å². The van der Waals surface area contributed by atoms with Crippen LogP contribution in [0.25, 0.3) is 0 Å². The Balaban J connectivity index is 3.15. The van der Waals surface area contributed by atoms with Gasteiger partial charge in [-0.1, -0.05) is 0 Å². The minimum Gasteiger partial charge on any atom is -0.341 e. The number of quaternary nitrogens is 1. The Morgan fingerprint density at radius 1 is 1.43 bits per heavy atom. The summed E-state index contributed by atoms with van der Waals surface area (Å²) in [5.41, 5.74) is 0. The monoisotopic (exact) mass is 114 g/mol. The van der Waals surface area contributed by atoms with E-state index in [1.807, 2.05) is 0 Å². The number of rotatable bonds is 1. The van der Waals surface area contributed by atoms with Gasteiger partial charge in [-0.2, -0.15) is 13.2 Å². The highest BCUT2D eigenvalue weighted by molar-refractivity contribution is 4.38. The van der Waals surface area contributed by atoms with Crippen LogP contribution >= 0.6 is 0 Å². The summed E-state index contributed by atoms with van der Waals surface area (Å²) in [6.45, 7) is -0.785. The summed E-state index contributed by atoms with van der Waals surface area (Å²) in [4.78, 5) is 0. The molecule has 0 spiro atoms. The van der Waals surface area contributed by atoms with Crippen LogP contribution in [0.3, 0.4) is 0 Å². The van der Waals surface area contributed by atoms with Crippen LogP contribution in [0.1, 0.15) is 0 Å². The SMILES string of the molecule is C[NH2+]CC(F)(F)F. The molecule has 0 aliphatic heterocycles. The summed E-state index contributed by atoms with van der Waals surface area (Å²) in [5, 5.41) is 1.08. The van der Waals surface area contributed by atoms with Crippen LogP contribution in [0, 0.1) is 0 Å². The number of hydrogen-bond donors (Lipinski definition) is 1. The van der Waals surface area contributed by atoms with Gasteiger partial charge in [0.25, 0.3) is 0 Å². The predicted molar refractivity (Wildman–Crippen MR) is 18.8 cm³/mol. The number of nitrogens with two attached hydrogens (primary N) is 1. The third-order valence-corrected chi connectivity index (χ3v) is 0.436. The van der Waals surface area contributed by atoms with Gasteiger partial charge in [-0.15, -0.1) is 0 Å². The standard InChI is InChI=1S/C3H6F3N/c1-7-2-3(4,5)6/h7H,2H2,1H3/p+1. The Labute approximate surface area is 39.5 Å². The average Bonchev–Trinajstić information content (AvgIpc) is 1.30. The summed E-state index contributed by atoms with van der Waals surface area (Å²) in [7, 11) is 1.38. The summed E-state index contributed by atoms with van der Waals surface area (Å²) in [6, 6.07) is 0. The third-order valence-electron chi connectivity index (χ3n) is 0.436. The number of hydrogen-bond acceptors (Lipinski definition) is 0. The molecule has 0 saturated heterocycles. The van der Waals surface area contributed by atoms with E-state index in [1.165, 1.54) is 7.05 Å². The first-order chi connectivity index (χ1) is 3.06. The molecular weight excluding hydrogens is 107 g/mol. The maximum atomic E-state index is 11.0. The molecule has 0 bridgehead atoms. The third kappa shape index (κ3) is 5.75. The molecular formula is C3H7F3N+. The van der Waals surface area contributed by atoms with Crippen LogP contribution in [-0.2, 0) is 0 Å². The molecule has 0 aromatic rings. The quantitative estimate of drug-likeness (QED) is 0.483. The average molecular weight is 114 g/mol. The van der Waals surface area contributed by atoms with Gasteiger partial charge >= 0.3 is 6.18 Å². The van der Waals surface area contributed by atoms with E-state index in [0.717, 1.165) is 5.32 Å². The molecule has 0 radical (unpaired) electrons. The van der Waals surface area contributed by atoms with Gasteiger partial charge in [0, 0.05) is 0 Å². The molecule has 0 aromatic carbocycles. The highest BCUT2D eigenvalue weighted by Crippen LogP contribution is 2.09. The minimum absolute atomic E-state index is 0.785. The molecule has 7 heavy (non-hydrogen) atoms. The molecule has 2 N–H and O–H groups in total. The van der Waals surface area contributed by atoms with Crippen molar-refractivity contribution in [3.63, 3.8) is 0 Å². The first-order valence-electron chi connectivity index (χ1n) is 1.91. The van der Waals surface area contributed by atoms with Gasteiger partial charge in [0.15, 0.2) is 6.54 Å². The Morgan fingerprint density at radius 2 is 1.86 bits per heavy atom. The zero-order chi connectivity index (χ0) is 5.91.